The van der Waals surface area contributed by atoms with Crippen LogP contribution in [0.3, 0.4) is 0 Å². The molecule has 25 heavy (non-hydrogen) atoms. The Balaban J connectivity index is -0.00000264. The van der Waals surface area contributed by atoms with Gasteiger partial charge in [-0.3, -0.25) is 4.79 Å². The Morgan fingerprint density at radius 3 is 1.44 bits per heavy atom. The van der Waals surface area contributed by atoms with Crippen molar-refractivity contribution in [3.05, 3.63) is 0 Å². The summed E-state index contributed by atoms with van der Waals surface area (Å²) in [5.74, 6) is -1.12. The van der Waals surface area contributed by atoms with Crippen LogP contribution in [0.1, 0.15) is 111 Å². The second-order valence-electron chi connectivity index (χ2n) is 7.17. The maximum atomic E-state index is 10.6. The number of hydrogen-bond donors (Lipinski definition) is 3. The van der Waals surface area contributed by atoms with E-state index in [2.05, 4.69) is 6.92 Å². The van der Waals surface area contributed by atoms with Gasteiger partial charge < -0.3 is 17.4 Å². The molecule has 0 aliphatic carbocycles. The van der Waals surface area contributed by atoms with Crippen molar-refractivity contribution in [2.24, 2.45) is 5.73 Å². The van der Waals surface area contributed by atoms with Crippen molar-refractivity contribution in [1.29, 1.82) is 0 Å². The first-order valence-corrected chi connectivity index (χ1v) is 10.3. The summed E-state index contributed by atoms with van der Waals surface area (Å²) in [4.78, 5) is 10.6. The zero-order chi connectivity index (χ0) is 18.0. The van der Waals surface area contributed by atoms with Crippen LogP contribution in [0.25, 0.3) is 0 Å². The Bertz CT molecular complexity index is 296. The van der Waals surface area contributed by atoms with E-state index in [0.717, 1.165) is 12.8 Å². The number of aliphatic hydroxyl groups excluding tert-OH is 1. The summed E-state index contributed by atoms with van der Waals surface area (Å²) in [7, 11) is 0. The predicted molar refractivity (Wildman–Crippen MR) is 102 cm³/mol. The molecular weight excluding hydrogens is 325 g/mol. The van der Waals surface area contributed by atoms with Gasteiger partial charge in [0.15, 0.2) is 0 Å². The van der Waals surface area contributed by atoms with Gasteiger partial charge in [-0.1, -0.05) is 103 Å². The first kappa shape index (κ1) is 27.6. The van der Waals surface area contributed by atoms with Gasteiger partial charge in [-0.05, 0) is 6.42 Å². The second kappa shape index (κ2) is 20.7. The van der Waals surface area contributed by atoms with E-state index in [9.17, 15) is 9.90 Å². The molecule has 0 aromatic rings. The molecule has 0 saturated carbocycles. The minimum atomic E-state index is -1.14. The zero-order valence-electron chi connectivity index (χ0n) is 17.8. The fraction of sp³-hybridized carbons (Fsp3) is 0.950. The number of carboxylic acid groups (broad SMARTS) is 1. The number of aliphatic hydroxyl groups is 1. The van der Waals surface area contributed by atoms with Crippen LogP contribution in [0.5, 0.6) is 0 Å². The van der Waals surface area contributed by atoms with Gasteiger partial charge in [-0.25, -0.2) is 0 Å². The van der Waals surface area contributed by atoms with Crippen molar-refractivity contribution in [1.82, 2.24) is 0 Å². The van der Waals surface area contributed by atoms with E-state index in [1.54, 1.807) is 0 Å². The minimum absolute atomic E-state index is 0. The smallest absolute Gasteiger partial charge is 1.00 e. The normalized spacial score (nSPS) is 13.2. The van der Waals surface area contributed by atoms with Gasteiger partial charge in [-0.2, -0.15) is 0 Å². The second-order valence-corrected chi connectivity index (χ2v) is 7.17. The van der Waals surface area contributed by atoms with E-state index in [-0.39, 0.29) is 31.0 Å². The van der Waals surface area contributed by atoms with Crippen molar-refractivity contribution in [3.8, 4) is 0 Å². The van der Waals surface area contributed by atoms with Crippen LogP contribution in [0.4, 0.5) is 0 Å². The van der Waals surface area contributed by atoms with E-state index in [0.29, 0.717) is 6.42 Å². The van der Waals surface area contributed by atoms with Crippen molar-refractivity contribution in [3.63, 3.8) is 0 Å². The summed E-state index contributed by atoms with van der Waals surface area (Å²) in [6.45, 7) is 2.26. The number of carbonyl (C=O) groups is 1. The molecule has 0 amide bonds. The molecule has 0 aliphatic heterocycles. The average molecular weight is 368 g/mol. The minimum Gasteiger partial charge on any atom is -1.00 e. The van der Waals surface area contributed by atoms with Gasteiger partial charge in [0.1, 0.15) is 6.04 Å². The zero-order valence-corrected chi connectivity index (χ0v) is 18.8. The molecule has 5 heteroatoms. The number of carboxylic acids is 1. The van der Waals surface area contributed by atoms with Crippen molar-refractivity contribution in [2.45, 2.75) is 122 Å². The fourth-order valence-corrected chi connectivity index (χ4v) is 3.07. The van der Waals surface area contributed by atoms with Gasteiger partial charge in [-0.15, -0.1) is 0 Å². The molecule has 0 spiro atoms. The van der Waals surface area contributed by atoms with Gasteiger partial charge in [0.25, 0.3) is 0 Å². The van der Waals surface area contributed by atoms with E-state index in [1.165, 1.54) is 83.5 Å². The molecule has 2 atom stereocenters. The first-order chi connectivity index (χ1) is 11.6. The molecule has 0 aromatic heterocycles. The number of aliphatic carboxylic acids is 1. The average Bonchev–Trinajstić information content (AvgIpc) is 2.57. The summed E-state index contributed by atoms with van der Waals surface area (Å²) in [6, 6.07) is -1.14. The Morgan fingerprint density at radius 1 is 0.800 bits per heavy atom. The maximum absolute atomic E-state index is 10.6. The first-order valence-electron chi connectivity index (χ1n) is 10.3. The summed E-state index contributed by atoms with van der Waals surface area (Å²) in [5.41, 5.74) is 5.37. The monoisotopic (exact) mass is 367 g/mol. The van der Waals surface area contributed by atoms with Crippen LogP contribution in [0.15, 0.2) is 0 Å². The van der Waals surface area contributed by atoms with Crippen LogP contribution >= 0.6 is 0 Å². The Labute approximate surface area is 179 Å². The van der Waals surface area contributed by atoms with E-state index in [1.807, 2.05) is 0 Å². The molecule has 0 rings (SSSR count). The third-order valence-electron chi connectivity index (χ3n) is 4.80. The Hall–Kier alpha value is 0.390. The molecule has 0 fully saturated rings. The molecule has 0 aromatic carbocycles. The summed E-state index contributed by atoms with van der Waals surface area (Å²) < 4.78 is 0. The molecule has 0 radical (unpaired) electrons. The quantitative estimate of drug-likeness (QED) is 0.256. The SMILES string of the molecule is CCCCCCCCCCCCCCCCC[C@@H](O)[C@H](N)C(=O)O.[H-].[Na+]. The summed E-state index contributed by atoms with van der Waals surface area (Å²) in [5, 5.41) is 18.3. The van der Waals surface area contributed by atoms with E-state index < -0.39 is 18.1 Å². The van der Waals surface area contributed by atoms with Gasteiger partial charge in [0, 0.05) is 0 Å². The van der Waals surface area contributed by atoms with E-state index >= 15 is 0 Å². The third kappa shape index (κ3) is 19.0. The molecule has 0 heterocycles. The predicted octanol–water partition coefficient (Wildman–Crippen LogP) is 2.14. The standard InChI is InChI=1S/C20H41NO3.Na.H/c1-2-3-4-5-6-7-8-9-10-11-12-13-14-15-16-17-18(22)19(21)20(23)24;;/h18-19,22H,2-17,21H2,1H3,(H,23,24);;/q;+1;-1/t18-,19+;;/m1../s1. The molecule has 0 bridgehead atoms. The van der Waals surface area contributed by atoms with Crippen LogP contribution in [-0.4, -0.2) is 28.3 Å². The largest absolute Gasteiger partial charge is 1.00 e. The molecule has 0 unspecified atom stereocenters. The van der Waals surface area contributed by atoms with Gasteiger partial charge >= 0.3 is 35.5 Å². The van der Waals surface area contributed by atoms with Crippen molar-refractivity contribution < 1.29 is 46.0 Å². The van der Waals surface area contributed by atoms with Crippen molar-refractivity contribution in [2.75, 3.05) is 0 Å². The van der Waals surface area contributed by atoms with Crippen molar-refractivity contribution >= 4 is 5.97 Å². The van der Waals surface area contributed by atoms with Crippen LogP contribution in [0, 0.1) is 0 Å². The van der Waals surface area contributed by atoms with Gasteiger partial charge in [0.2, 0.25) is 0 Å². The summed E-state index contributed by atoms with van der Waals surface area (Å²) >= 11 is 0. The van der Waals surface area contributed by atoms with Crippen LogP contribution in [-0.2, 0) is 4.79 Å². The third-order valence-corrected chi connectivity index (χ3v) is 4.80. The number of nitrogens with two attached hydrogens (primary N) is 1. The topological polar surface area (TPSA) is 83.5 Å². The summed E-state index contributed by atoms with van der Waals surface area (Å²) in [6.07, 6.45) is 19.1. The number of rotatable bonds is 18. The fourth-order valence-electron chi connectivity index (χ4n) is 3.07. The van der Waals surface area contributed by atoms with E-state index in [4.69, 9.17) is 10.8 Å². The number of unbranched alkanes of at least 4 members (excludes halogenated alkanes) is 14. The Morgan fingerprint density at radius 2 is 1.12 bits per heavy atom. The molecule has 4 nitrogen and oxygen atoms in total. The van der Waals surface area contributed by atoms with Gasteiger partial charge in [0.05, 0.1) is 6.10 Å². The molecular formula is C20H42NNaO3. The van der Waals surface area contributed by atoms with Crippen LogP contribution < -0.4 is 35.3 Å². The molecule has 0 aliphatic rings. The maximum Gasteiger partial charge on any atom is 1.00 e. The molecule has 4 N–H and O–H groups in total. The Kier molecular flexibility index (Phi) is 22.9. The molecule has 146 valence electrons. The number of hydrogen-bond acceptors (Lipinski definition) is 3. The molecule has 0 saturated heterocycles. The van der Waals surface area contributed by atoms with Crippen LogP contribution in [0.2, 0.25) is 0 Å².